The molecule has 4 rings (SSSR count). The third kappa shape index (κ3) is 5.44. The fourth-order valence-corrected chi connectivity index (χ4v) is 5.20. The average Bonchev–Trinajstić information content (AvgIpc) is 3.37. The number of benzene rings is 1. The summed E-state index contributed by atoms with van der Waals surface area (Å²) in [6.07, 6.45) is 10.6. The monoisotopic (exact) mass is 486 g/mol. The van der Waals surface area contributed by atoms with E-state index < -0.39 is 23.0 Å². The van der Waals surface area contributed by atoms with Gasteiger partial charge in [0.1, 0.15) is 5.82 Å². The molecule has 2 N–H and O–H groups in total. The number of fused-ring (bicyclic) bond motifs is 1. The highest BCUT2D eigenvalue weighted by Crippen LogP contribution is 2.32. The zero-order chi connectivity index (χ0) is 24.9. The topological polar surface area (TPSA) is 94.4 Å². The van der Waals surface area contributed by atoms with E-state index in [1.807, 2.05) is 0 Å². The summed E-state index contributed by atoms with van der Waals surface area (Å²) in [5.41, 5.74) is 2.90. The maximum Gasteiger partial charge on any atom is 0.350 e. The van der Waals surface area contributed by atoms with Crippen molar-refractivity contribution in [3.63, 3.8) is 0 Å². The number of anilines is 1. The first kappa shape index (κ1) is 25.0. The summed E-state index contributed by atoms with van der Waals surface area (Å²) in [7, 11) is 0. The Bertz CT molecular complexity index is 1220. The number of carbonyl (C=O) groups is 1. The fourth-order valence-electron chi connectivity index (χ4n) is 5.20. The van der Waals surface area contributed by atoms with Crippen LogP contribution in [0, 0.1) is 5.82 Å². The maximum absolute atomic E-state index is 15.1. The van der Waals surface area contributed by atoms with Gasteiger partial charge in [0, 0.05) is 17.7 Å². The summed E-state index contributed by atoms with van der Waals surface area (Å²) >= 11 is 0. The third-order valence-electron chi connectivity index (χ3n) is 7.09. The third-order valence-corrected chi connectivity index (χ3v) is 7.09. The smallest absolute Gasteiger partial charge is 0.350 e. The Kier molecular flexibility index (Phi) is 7.93. The van der Waals surface area contributed by atoms with Gasteiger partial charge in [0.2, 0.25) is 0 Å². The van der Waals surface area contributed by atoms with E-state index in [2.05, 4.69) is 10.7 Å². The Balaban J connectivity index is 1.74. The van der Waals surface area contributed by atoms with Gasteiger partial charge in [-0.1, -0.05) is 38.2 Å². The number of carbonyl (C=O) groups excluding carboxylic acids is 1. The molecule has 1 heterocycles. The molecule has 1 aromatic heterocycles. The lowest BCUT2D eigenvalue weighted by molar-refractivity contribution is -0.138. The Morgan fingerprint density at radius 3 is 2.49 bits per heavy atom. The summed E-state index contributed by atoms with van der Waals surface area (Å²) < 4.78 is 22.7. The van der Waals surface area contributed by atoms with Crippen molar-refractivity contribution >= 4 is 22.6 Å². The maximum atomic E-state index is 15.1. The molecule has 35 heavy (non-hydrogen) atoms. The summed E-state index contributed by atoms with van der Waals surface area (Å²) in [6.45, 7) is 3.66. The van der Waals surface area contributed by atoms with Crippen LogP contribution in [0.4, 0.5) is 10.1 Å². The van der Waals surface area contributed by atoms with E-state index in [9.17, 15) is 14.4 Å². The Morgan fingerprint density at radius 1 is 1.11 bits per heavy atom. The van der Waals surface area contributed by atoms with Crippen molar-refractivity contribution in [2.45, 2.75) is 83.7 Å². The SMILES string of the molecule is CCOC(=O)C(C)=CCNn1c(=O)c2cc(F)c(NC3CCCCC3)cc2n(C2CCCC2)c1=O. The van der Waals surface area contributed by atoms with Crippen LogP contribution < -0.4 is 22.0 Å². The molecule has 0 amide bonds. The van der Waals surface area contributed by atoms with E-state index in [1.54, 1.807) is 30.6 Å². The zero-order valence-corrected chi connectivity index (χ0v) is 20.6. The molecule has 9 heteroatoms. The average molecular weight is 487 g/mol. The van der Waals surface area contributed by atoms with Gasteiger partial charge in [-0.05, 0) is 51.7 Å². The summed E-state index contributed by atoms with van der Waals surface area (Å²) in [6, 6.07) is 3.02. The van der Waals surface area contributed by atoms with Crippen LogP contribution in [0.3, 0.4) is 0 Å². The quantitative estimate of drug-likeness (QED) is 0.429. The van der Waals surface area contributed by atoms with Gasteiger partial charge in [0.05, 0.1) is 29.7 Å². The molecular formula is C26H35FN4O4. The lowest BCUT2D eigenvalue weighted by atomic mass is 9.95. The Hall–Kier alpha value is -3.10. The van der Waals surface area contributed by atoms with Crippen molar-refractivity contribution in [1.82, 2.24) is 9.24 Å². The minimum absolute atomic E-state index is 0.0524. The van der Waals surface area contributed by atoms with E-state index in [0.717, 1.165) is 56.0 Å². The number of hydrogen-bond acceptors (Lipinski definition) is 6. The first-order valence-electron chi connectivity index (χ1n) is 12.8. The van der Waals surface area contributed by atoms with Gasteiger partial charge >= 0.3 is 11.7 Å². The molecule has 1 aromatic carbocycles. The van der Waals surface area contributed by atoms with E-state index in [0.29, 0.717) is 16.8 Å². The standard InChI is InChI=1S/C26H35FN4O4/c1-3-35-25(33)17(2)13-14-28-31-24(32)20-15-21(27)22(29-18-9-5-4-6-10-18)16-23(20)30(26(31)34)19-11-7-8-12-19/h13,15-16,18-19,28-29H,3-12,14H2,1-2H3. The van der Waals surface area contributed by atoms with Crippen LogP contribution in [0.5, 0.6) is 0 Å². The van der Waals surface area contributed by atoms with Crippen molar-refractivity contribution in [3.8, 4) is 0 Å². The molecular weight excluding hydrogens is 451 g/mol. The highest BCUT2D eigenvalue weighted by molar-refractivity contribution is 5.87. The van der Waals surface area contributed by atoms with Gasteiger partial charge in [-0.2, -0.15) is 4.68 Å². The second-order valence-corrected chi connectivity index (χ2v) is 9.53. The lowest BCUT2D eigenvalue weighted by Crippen LogP contribution is -2.46. The van der Waals surface area contributed by atoms with Gasteiger partial charge in [0.15, 0.2) is 0 Å². The number of aromatic nitrogens is 2. The van der Waals surface area contributed by atoms with Crippen LogP contribution in [0.15, 0.2) is 33.4 Å². The van der Waals surface area contributed by atoms with Crippen LogP contribution in [0.2, 0.25) is 0 Å². The molecule has 190 valence electrons. The fraction of sp³-hybridized carbons (Fsp3) is 0.577. The molecule has 0 radical (unpaired) electrons. The molecule has 8 nitrogen and oxygen atoms in total. The van der Waals surface area contributed by atoms with Crippen molar-refractivity contribution < 1.29 is 13.9 Å². The predicted molar refractivity (Wildman–Crippen MR) is 135 cm³/mol. The number of nitrogens with zero attached hydrogens (tertiary/aromatic N) is 2. The number of ether oxygens (including phenoxy) is 1. The number of esters is 1. The molecule has 0 aliphatic heterocycles. The van der Waals surface area contributed by atoms with Crippen LogP contribution in [0.1, 0.15) is 77.7 Å². The van der Waals surface area contributed by atoms with Crippen molar-refractivity contribution in [3.05, 3.63) is 50.4 Å². The first-order valence-corrected chi connectivity index (χ1v) is 12.8. The minimum Gasteiger partial charge on any atom is -0.463 e. The Morgan fingerprint density at radius 2 is 1.80 bits per heavy atom. The lowest BCUT2D eigenvalue weighted by Gasteiger charge is -2.25. The van der Waals surface area contributed by atoms with Crippen LogP contribution in [-0.2, 0) is 9.53 Å². The Labute approximate surface area is 204 Å². The van der Waals surface area contributed by atoms with Crippen molar-refractivity contribution in [2.75, 3.05) is 23.9 Å². The number of halogens is 1. The van der Waals surface area contributed by atoms with Crippen LogP contribution in [0.25, 0.3) is 10.9 Å². The molecule has 0 atom stereocenters. The highest BCUT2D eigenvalue weighted by Gasteiger charge is 2.25. The van der Waals surface area contributed by atoms with Gasteiger partial charge in [0.25, 0.3) is 5.56 Å². The van der Waals surface area contributed by atoms with E-state index in [4.69, 9.17) is 4.74 Å². The molecule has 0 unspecified atom stereocenters. The molecule has 2 aromatic rings. The van der Waals surface area contributed by atoms with Gasteiger partial charge in [-0.25, -0.2) is 14.0 Å². The van der Waals surface area contributed by atoms with E-state index in [-0.39, 0.29) is 30.6 Å². The summed E-state index contributed by atoms with van der Waals surface area (Å²) in [5, 5.41) is 3.47. The van der Waals surface area contributed by atoms with Gasteiger partial charge < -0.3 is 15.5 Å². The number of nitrogens with one attached hydrogen (secondary N) is 2. The van der Waals surface area contributed by atoms with E-state index >= 15 is 4.39 Å². The van der Waals surface area contributed by atoms with E-state index in [1.165, 1.54) is 12.5 Å². The minimum atomic E-state index is -0.607. The molecule has 0 saturated heterocycles. The van der Waals surface area contributed by atoms with Crippen LogP contribution in [-0.4, -0.2) is 34.4 Å². The van der Waals surface area contributed by atoms with Crippen molar-refractivity contribution in [1.29, 1.82) is 0 Å². The molecule has 0 spiro atoms. The summed E-state index contributed by atoms with van der Waals surface area (Å²) in [4.78, 5) is 38.6. The summed E-state index contributed by atoms with van der Waals surface area (Å²) in [5.74, 6) is -0.954. The molecule has 2 aliphatic carbocycles. The molecule has 2 aliphatic rings. The largest absolute Gasteiger partial charge is 0.463 e. The molecule has 2 fully saturated rings. The zero-order valence-electron chi connectivity index (χ0n) is 20.6. The normalized spacial score (nSPS) is 17.6. The molecule has 2 saturated carbocycles. The second-order valence-electron chi connectivity index (χ2n) is 9.53. The van der Waals surface area contributed by atoms with Gasteiger partial charge in [-0.15, -0.1) is 0 Å². The highest BCUT2D eigenvalue weighted by atomic mass is 19.1. The number of rotatable bonds is 8. The van der Waals surface area contributed by atoms with Crippen LogP contribution >= 0.6 is 0 Å². The number of hydrogen-bond donors (Lipinski definition) is 2. The van der Waals surface area contributed by atoms with Crippen molar-refractivity contribution in [2.24, 2.45) is 0 Å². The van der Waals surface area contributed by atoms with Gasteiger partial charge in [-0.3, -0.25) is 9.36 Å². The second kappa shape index (κ2) is 11.1. The predicted octanol–water partition coefficient (Wildman–Crippen LogP) is 4.21. The first-order chi connectivity index (χ1) is 16.9. The molecule has 0 bridgehead atoms.